The molecule has 2 aromatic rings. The van der Waals surface area contributed by atoms with Crippen LogP contribution in [0.4, 0.5) is 22.0 Å². The Hall–Kier alpha value is -2.48. The van der Waals surface area contributed by atoms with Gasteiger partial charge in [-0.1, -0.05) is 24.3 Å². The molecule has 0 aromatic heterocycles. The molecule has 0 aliphatic carbocycles. The van der Waals surface area contributed by atoms with E-state index in [1.54, 1.807) is 18.2 Å². The van der Waals surface area contributed by atoms with Gasteiger partial charge in [0.15, 0.2) is 0 Å². The van der Waals surface area contributed by atoms with Crippen LogP contribution in [0.1, 0.15) is 36.0 Å². The molecule has 1 saturated heterocycles. The monoisotopic (exact) mass is 412 g/mol. The Balaban J connectivity index is 1.57. The summed E-state index contributed by atoms with van der Waals surface area (Å²) < 4.78 is 65.8. The number of alkyl halides is 3. The lowest BCUT2D eigenvalue weighted by Gasteiger charge is -2.25. The fourth-order valence-electron chi connectivity index (χ4n) is 3.48. The standard InChI is InChI=1S/C21H21F5N2O/c22-18-4-2-1-3-14(18)12-27-10-9-17-7-8-20(29)28(17)13-15-5-6-16(11-19(15)23)21(24,25)26/h1-6,11,17,27H,7-10,12-13H2. The highest BCUT2D eigenvalue weighted by molar-refractivity contribution is 5.78. The van der Waals surface area contributed by atoms with Crippen LogP contribution in [0.15, 0.2) is 42.5 Å². The zero-order valence-electron chi connectivity index (χ0n) is 15.6. The Morgan fingerprint density at radius 3 is 2.48 bits per heavy atom. The Kier molecular flexibility index (Phi) is 6.52. The zero-order valence-corrected chi connectivity index (χ0v) is 15.6. The number of rotatable bonds is 7. The number of halogens is 5. The van der Waals surface area contributed by atoms with E-state index in [1.165, 1.54) is 11.0 Å². The molecule has 0 saturated carbocycles. The summed E-state index contributed by atoms with van der Waals surface area (Å²) in [6.07, 6.45) is -3.11. The van der Waals surface area contributed by atoms with Gasteiger partial charge >= 0.3 is 6.18 Å². The van der Waals surface area contributed by atoms with Gasteiger partial charge in [-0.25, -0.2) is 8.78 Å². The van der Waals surface area contributed by atoms with Gasteiger partial charge < -0.3 is 10.2 Å². The second-order valence-electron chi connectivity index (χ2n) is 7.07. The van der Waals surface area contributed by atoms with Crippen LogP contribution in [-0.4, -0.2) is 23.4 Å². The third kappa shape index (κ3) is 5.32. The summed E-state index contributed by atoms with van der Waals surface area (Å²) in [5.74, 6) is -1.42. The van der Waals surface area contributed by atoms with Crippen molar-refractivity contribution in [2.45, 2.75) is 44.6 Å². The second-order valence-corrected chi connectivity index (χ2v) is 7.07. The number of hydrogen-bond acceptors (Lipinski definition) is 2. The molecule has 3 nitrogen and oxygen atoms in total. The molecule has 0 radical (unpaired) electrons. The van der Waals surface area contributed by atoms with Crippen LogP contribution < -0.4 is 5.32 Å². The first-order chi connectivity index (χ1) is 13.8. The molecule has 0 bridgehead atoms. The van der Waals surface area contributed by atoms with E-state index < -0.39 is 17.6 Å². The topological polar surface area (TPSA) is 32.3 Å². The highest BCUT2D eigenvalue weighted by Gasteiger charge is 2.33. The second kappa shape index (κ2) is 8.90. The van der Waals surface area contributed by atoms with E-state index in [2.05, 4.69) is 5.32 Å². The molecule has 2 aromatic carbocycles. The first-order valence-corrected chi connectivity index (χ1v) is 9.35. The number of benzene rings is 2. The Labute approximate surface area is 165 Å². The first kappa shape index (κ1) is 21.2. The number of nitrogens with zero attached hydrogens (tertiary/aromatic N) is 1. The Morgan fingerprint density at radius 2 is 1.79 bits per heavy atom. The summed E-state index contributed by atoms with van der Waals surface area (Å²) in [5.41, 5.74) is -0.461. The van der Waals surface area contributed by atoms with Crippen molar-refractivity contribution in [2.24, 2.45) is 0 Å². The van der Waals surface area contributed by atoms with E-state index in [0.29, 0.717) is 44.0 Å². The summed E-state index contributed by atoms with van der Waals surface area (Å²) in [4.78, 5) is 13.7. The minimum absolute atomic E-state index is 0.0533. The molecule has 1 heterocycles. The number of nitrogens with one attached hydrogen (secondary N) is 1. The third-order valence-electron chi connectivity index (χ3n) is 5.10. The van der Waals surface area contributed by atoms with Gasteiger partial charge in [-0.3, -0.25) is 4.79 Å². The number of hydrogen-bond donors (Lipinski definition) is 1. The molecule has 1 aliphatic heterocycles. The average molecular weight is 412 g/mol. The normalized spacial score (nSPS) is 17.2. The molecular weight excluding hydrogens is 391 g/mol. The number of amides is 1. The van der Waals surface area contributed by atoms with Crippen molar-refractivity contribution in [3.05, 3.63) is 70.8 Å². The summed E-state index contributed by atoms with van der Waals surface area (Å²) in [6, 6.07) is 8.64. The SMILES string of the molecule is O=C1CCC(CCNCc2ccccc2F)N1Cc1ccc(C(F)(F)F)cc1F. The number of carbonyl (C=O) groups excluding carboxylic acids is 1. The predicted octanol–water partition coefficient (Wildman–Crippen LogP) is 4.65. The van der Waals surface area contributed by atoms with Gasteiger partial charge in [0.05, 0.1) is 5.56 Å². The molecule has 156 valence electrons. The van der Waals surface area contributed by atoms with Crippen LogP contribution in [0.2, 0.25) is 0 Å². The van der Waals surface area contributed by atoms with Crippen molar-refractivity contribution < 1.29 is 26.7 Å². The molecule has 1 amide bonds. The maximum atomic E-state index is 14.1. The molecule has 8 heteroatoms. The van der Waals surface area contributed by atoms with Crippen molar-refractivity contribution in [3.8, 4) is 0 Å². The average Bonchev–Trinajstić information content (AvgIpc) is 3.01. The lowest BCUT2D eigenvalue weighted by atomic mass is 10.1. The van der Waals surface area contributed by atoms with E-state index in [1.807, 2.05) is 0 Å². The summed E-state index contributed by atoms with van der Waals surface area (Å²) in [5, 5.41) is 3.13. The smallest absolute Gasteiger partial charge is 0.335 e. The Morgan fingerprint density at radius 1 is 1.03 bits per heavy atom. The fourth-order valence-corrected chi connectivity index (χ4v) is 3.48. The molecule has 0 spiro atoms. The van der Waals surface area contributed by atoms with Crippen molar-refractivity contribution in [2.75, 3.05) is 6.54 Å². The summed E-state index contributed by atoms with van der Waals surface area (Å²) in [6.45, 7) is 0.805. The molecular formula is C21H21F5N2O. The van der Waals surface area contributed by atoms with E-state index in [4.69, 9.17) is 0 Å². The van der Waals surface area contributed by atoms with Crippen LogP contribution in [0.5, 0.6) is 0 Å². The van der Waals surface area contributed by atoms with Gasteiger partial charge in [0.25, 0.3) is 0 Å². The largest absolute Gasteiger partial charge is 0.416 e. The lowest BCUT2D eigenvalue weighted by molar-refractivity contribution is -0.138. The molecule has 1 unspecified atom stereocenters. The number of likely N-dealkylation sites (tertiary alicyclic amines) is 1. The molecule has 1 aliphatic rings. The maximum Gasteiger partial charge on any atom is 0.416 e. The predicted molar refractivity (Wildman–Crippen MR) is 97.7 cm³/mol. The highest BCUT2D eigenvalue weighted by Crippen LogP contribution is 2.31. The van der Waals surface area contributed by atoms with E-state index >= 15 is 0 Å². The maximum absolute atomic E-state index is 14.1. The van der Waals surface area contributed by atoms with Gasteiger partial charge in [0, 0.05) is 36.7 Å². The molecule has 1 fully saturated rings. The molecule has 1 N–H and O–H groups in total. The van der Waals surface area contributed by atoms with Crippen molar-refractivity contribution >= 4 is 5.91 Å². The molecule has 1 atom stereocenters. The molecule has 3 rings (SSSR count). The van der Waals surface area contributed by atoms with Gasteiger partial charge in [-0.2, -0.15) is 13.2 Å². The number of carbonyl (C=O) groups is 1. The van der Waals surface area contributed by atoms with Crippen LogP contribution >= 0.6 is 0 Å². The van der Waals surface area contributed by atoms with Crippen LogP contribution in [0.3, 0.4) is 0 Å². The van der Waals surface area contributed by atoms with E-state index in [-0.39, 0.29) is 29.9 Å². The van der Waals surface area contributed by atoms with Gasteiger partial charge in [0.2, 0.25) is 5.91 Å². The van der Waals surface area contributed by atoms with Gasteiger partial charge in [-0.05, 0) is 37.6 Å². The third-order valence-corrected chi connectivity index (χ3v) is 5.10. The van der Waals surface area contributed by atoms with E-state index in [0.717, 1.165) is 12.1 Å². The quantitative estimate of drug-likeness (QED) is 0.530. The summed E-state index contributed by atoms with van der Waals surface area (Å²) in [7, 11) is 0. The van der Waals surface area contributed by atoms with Gasteiger partial charge in [0.1, 0.15) is 11.6 Å². The highest BCUT2D eigenvalue weighted by atomic mass is 19.4. The van der Waals surface area contributed by atoms with Crippen LogP contribution in [-0.2, 0) is 24.1 Å². The minimum Gasteiger partial charge on any atom is -0.335 e. The minimum atomic E-state index is -4.62. The van der Waals surface area contributed by atoms with E-state index in [9.17, 15) is 26.7 Å². The van der Waals surface area contributed by atoms with Crippen molar-refractivity contribution in [3.63, 3.8) is 0 Å². The van der Waals surface area contributed by atoms with Crippen LogP contribution in [0, 0.1) is 11.6 Å². The first-order valence-electron chi connectivity index (χ1n) is 9.35. The van der Waals surface area contributed by atoms with Crippen LogP contribution in [0.25, 0.3) is 0 Å². The Bertz CT molecular complexity index is 868. The zero-order chi connectivity index (χ0) is 21.0. The van der Waals surface area contributed by atoms with Gasteiger partial charge in [-0.15, -0.1) is 0 Å². The fraction of sp³-hybridized carbons (Fsp3) is 0.381. The summed E-state index contributed by atoms with van der Waals surface area (Å²) >= 11 is 0. The van der Waals surface area contributed by atoms with Crippen molar-refractivity contribution in [1.29, 1.82) is 0 Å². The molecule has 29 heavy (non-hydrogen) atoms. The lowest BCUT2D eigenvalue weighted by Crippen LogP contribution is -2.35. The van der Waals surface area contributed by atoms with Crippen molar-refractivity contribution in [1.82, 2.24) is 10.2 Å².